The Labute approximate surface area is 282 Å². The first kappa shape index (κ1) is 31.3. The van der Waals surface area contributed by atoms with Crippen molar-refractivity contribution in [3.8, 4) is 22.9 Å². The molecule has 1 amide bonds. The van der Waals surface area contributed by atoms with Crippen LogP contribution in [-0.4, -0.2) is 120 Å². The maximum Gasteiger partial charge on any atom is 0.319 e. The van der Waals surface area contributed by atoms with E-state index in [-0.39, 0.29) is 23.7 Å². The molecular formula is C38H46N6O4. The summed E-state index contributed by atoms with van der Waals surface area (Å²) in [5.41, 5.74) is 2.76. The number of carbonyl (C=O) groups is 1. The molecule has 0 unspecified atom stereocenters. The number of aromatic hydroxyl groups is 1. The number of ether oxygens (including phenoxy) is 2. The van der Waals surface area contributed by atoms with E-state index in [1.54, 1.807) is 6.07 Å². The van der Waals surface area contributed by atoms with E-state index >= 15 is 0 Å². The molecule has 4 aliphatic heterocycles. The third-order valence-corrected chi connectivity index (χ3v) is 10.9. The molecule has 1 N–H and O–H groups in total. The number of nitrogens with zero attached hydrogens (tertiary/aromatic N) is 6. The van der Waals surface area contributed by atoms with Crippen LogP contribution in [0.3, 0.4) is 0 Å². The number of fused-ring (bicyclic) bond motifs is 4. The standard InChI is InChI=1S/C38H46N6O4/c1-41-14-4-7-30(41)25-48-38-39-35-21-27(34-22-31(45)20-26-6-2-3-8-32(26)34)10-13-33(35)37(40-38)44-28-11-12-29(44)24-43(23-28)36(46)9-5-15-42-16-18-47-19-17-42/h2-3,6,8,10,13,20-22,28-30,45H,4-5,7,9,11-12,14-19,23-25H2,1H3/t28-,29+,30-/m0/s1. The van der Waals surface area contributed by atoms with Crippen molar-refractivity contribution in [3.05, 3.63) is 54.6 Å². The number of anilines is 1. The first-order chi connectivity index (χ1) is 23.5. The van der Waals surface area contributed by atoms with Gasteiger partial charge in [-0.2, -0.15) is 9.97 Å². The highest BCUT2D eigenvalue weighted by molar-refractivity contribution is 6.01. The number of piperazine rings is 1. The Bertz CT molecular complexity index is 1780. The van der Waals surface area contributed by atoms with Crippen LogP contribution in [0.2, 0.25) is 0 Å². The van der Waals surface area contributed by atoms with Crippen molar-refractivity contribution < 1.29 is 19.4 Å². The van der Waals surface area contributed by atoms with Gasteiger partial charge in [0.05, 0.1) is 18.7 Å². The molecule has 0 spiro atoms. The van der Waals surface area contributed by atoms with Gasteiger partial charge in [-0.15, -0.1) is 0 Å². The third-order valence-electron chi connectivity index (χ3n) is 10.9. The first-order valence-corrected chi connectivity index (χ1v) is 17.7. The number of likely N-dealkylation sites (tertiary alicyclic amines) is 2. The number of rotatable bonds is 9. The molecule has 3 atom stereocenters. The molecule has 8 rings (SSSR count). The number of carbonyl (C=O) groups excluding carboxylic acids is 1. The van der Waals surface area contributed by atoms with Crippen molar-refractivity contribution >= 4 is 33.4 Å². The Kier molecular flexibility index (Phi) is 8.79. The average Bonchev–Trinajstić information content (AvgIpc) is 3.64. The van der Waals surface area contributed by atoms with Crippen LogP contribution in [0.25, 0.3) is 32.8 Å². The molecule has 0 radical (unpaired) electrons. The quantitative estimate of drug-likeness (QED) is 0.271. The molecule has 5 heterocycles. The van der Waals surface area contributed by atoms with Gasteiger partial charge in [0.15, 0.2) is 0 Å². The van der Waals surface area contributed by atoms with E-state index in [9.17, 15) is 9.90 Å². The van der Waals surface area contributed by atoms with E-state index in [4.69, 9.17) is 19.4 Å². The van der Waals surface area contributed by atoms with Gasteiger partial charge >= 0.3 is 6.01 Å². The molecule has 48 heavy (non-hydrogen) atoms. The molecule has 4 fully saturated rings. The largest absolute Gasteiger partial charge is 0.508 e. The summed E-state index contributed by atoms with van der Waals surface area (Å²) in [7, 11) is 2.15. The second-order valence-corrected chi connectivity index (χ2v) is 14.0. The van der Waals surface area contributed by atoms with Crippen LogP contribution in [0.5, 0.6) is 11.8 Å². The van der Waals surface area contributed by atoms with E-state index < -0.39 is 0 Å². The number of morpholine rings is 1. The third kappa shape index (κ3) is 6.29. The Morgan fingerprint density at radius 2 is 1.77 bits per heavy atom. The lowest BCUT2D eigenvalue weighted by Crippen LogP contribution is -2.55. The fourth-order valence-electron chi connectivity index (χ4n) is 8.30. The number of likely N-dealkylation sites (N-methyl/N-ethyl adjacent to an activating group) is 1. The molecule has 2 bridgehead atoms. The van der Waals surface area contributed by atoms with Crippen molar-refractivity contribution in [2.75, 3.05) is 71.0 Å². The van der Waals surface area contributed by atoms with Crippen molar-refractivity contribution in [2.24, 2.45) is 0 Å². The summed E-state index contributed by atoms with van der Waals surface area (Å²) < 4.78 is 11.8. The highest BCUT2D eigenvalue weighted by Crippen LogP contribution is 2.40. The summed E-state index contributed by atoms with van der Waals surface area (Å²) in [5.74, 6) is 1.40. The van der Waals surface area contributed by atoms with E-state index in [1.165, 1.54) is 6.42 Å². The van der Waals surface area contributed by atoms with Crippen molar-refractivity contribution in [2.45, 2.75) is 56.7 Å². The molecule has 4 aliphatic rings. The van der Waals surface area contributed by atoms with Crippen molar-refractivity contribution in [1.82, 2.24) is 24.7 Å². The fraction of sp³-hybridized carbons (Fsp3) is 0.500. The molecule has 10 nitrogen and oxygen atoms in total. The van der Waals surface area contributed by atoms with E-state index in [0.29, 0.717) is 25.1 Å². The summed E-state index contributed by atoms with van der Waals surface area (Å²) in [6.45, 7) is 7.51. The Morgan fingerprint density at radius 3 is 2.56 bits per heavy atom. The highest BCUT2D eigenvalue weighted by Gasteiger charge is 2.43. The zero-order chi connectivity index (χ0) is 32.6. The number of benzene rings is 3. The molecule has 0 saturated carbocycles. The van der Waals surface area contributed by atoms with Crippen LogP contribution in [0.15, 0.2) is 54.6 Å². The number of phenolic OH excluding ortho intramolecular Hbond substituents is 1. The van der Waals surface area contributed by atoms with Crippen LogP contribution in [-0.2, 0) is 9.53 Å². The van der Waals surface area contributed by atoms with E-state index in [1.807, 2.05) is 24.3 Å². The van der Waals surface area contributed by atoms with Gasteiger partial charge in [0, 0.05) is 56.1 Å². The smallest absolute Gasteiger partial charge is 0.319 e. The second kappa shape index (κ2) is 13.5. The molecule has 10 heteroatoms. The molecule has 4 aromatic rings. The monoisotopic (exact) mass is 650 g/mol. The number of aromatic nitrogens is 2. The minimum atomic E-state index is 0.202. The number of hydrogen-bond donors (Lipinski definition) is 1. The Balaban J connectivity index is 1.08. The minimum Gasteiger partial charge on any atom is -0.508 e. The predicted octanol–water partition coefficient (Wildman–Crippen LogP) is 4.92. The first-order valence-electron chi connectivity index (χ1n) is 17.7. The number of amides is 1. The maximum absolute atomic E-state index is 13.4. The fourth-order valence-corrected chi connectivity index (χ4v) is 8.30. The Morgan fingerprint density at radius 1 is 0.958 bits per heavy atom. The molecule has 0 aliphatic carbocycles. The number of hydrogen-bond acceptors (Lipinski definition) is 9. The summed E-state index contributed by atoms with van der Waals surface area (Å²) in [6.07, 6.45) is 5.83. The van der Waals surface area contributed by atoms with Gasteiger partial charge in [0.1, 0.15) is 18.2 Å². The minimum absolute atomic E-state index is 0.202. The van der Waals surface area contributed by atoms with Gasteiger partial charge in [0.2, 0.25) is 5.91 Å². The second-order valence-electron chi connectivity index (χ2n) is 14.0. The van der Waals surface area contributed by atoms with E-state index in [2.05, 4.69) is 50.9 Å². The number of phenols is 1. The molecule has 3 aromatic carbocycles. The van der Waals surface area contributed by atoms with Gasteiger partial charge < -0.3 is 29.3 Å². The van der Waals surface area contributed by atoms with Crippen LogP contribution < -0.4 is 9.64 Å². The highest BCUT2D eigenvalue weighted by atomic mass is 16.5. The lowest BCUT2D eigenvalue weighted by Gasteiger charge is -2.42. The molecule has 252 valence electrons. The Hall–Kier alpha value is -3.99. The lowest BCUT2D eigenvalue weighted by atomic mass is 9.97. The van der Waals surface area contributed by atoms with Crippen molar-refractivity contribution in [3.63, 3.8) is 0 Å². The summed E-state index contributed by atoms with van der Waals surface area (Å²) >= 11 is 0. The zero-order valence-corrected chi connectivity index (χ0v) is 27.9. The van der Waals surface area contributed by atoms with Gasteiger partial charge in [-0.3, -0.25) is 9.69 Å². The molecule has 1 aromatic heterocycles. The van der Waals surface area contributed by atoms with Gasteiger partial charge in [-0.25, -0.2) is 0 Å². The van der Waals surface area contributed by atoms with Crippen molar-refractivity contribution in [1.29, 1.82) is 0 Å². The average molecular weight is 651 g/mol. The van der Waals surface area contributed by atoms with Gasteiger partial charge in [-0.1, -0.05) is 30.3 Å². The van der Waals surface area contributed by atoms with Gasteiger partial charge in [-0.05, 0) is 98.4 Å². The summed E-state index contributed by atoms with van der Waals surface area (Å²) in [6, 6.07) is 19.3. The van der Waals surface area contributed by atoms with Crippen LogP contribution in [0.1, 0.15) is 38.5 Å². The topological polar surface area (TPSA) is 94.5 Å². The van der Waals surface area contributed by atoms with Gasteiger partial charge in [0.25, 0.3) is 0 Å². The SMILES string of the molecule is CN1CCC[C@H]1COc1nc(N2[C@@H]3CC[C@H]2CN(C(=O)CCCN2CCOCC2)C3)c2ccc(-c3cc(O)cc4ccccc34)cc2n1. The summed E-state index contributed by atoms with van der Waals surface area (Å²) in [4.78, 5) is 32.8. The van der Waals surface area contributed by atoms with Crippen LogP contribution >= 0.6 is 0 Å². The normalized spacial score (nSPS) is 23.4. The maximum atomic E-state index is 13.4. The predicted molar refractivity (Wildman–Crippen MR) is 188 cm³/mol. The zero-order valence-electron chi connectivity index (χ0n) is 27.9. The summed E-state index contributed by atoms with van der Waals surface area (Å²) in [5, 5.41) is 13.6. The lowest BCUT2D eigenvalue weighted by molar-refractivity contribution is -0.132. The van der Waals surface area contributed by atoms with Crippen LogP contribution in [0.4, 0.5) is 5.82 Å². The molecular weight excluding hydrogens is 604 g/mol. The van der Waals surface area contributed by atoms with E-state index in [0.717, 1.165) is 117 Å². The van der Waals surface area contributed by atoms with Crippen LogP contribution in [0, 0.1) is 0 Å². The molecule has 4 saturated heterocycles.